The minimum atomic E-state index is -0.833. The first kappa shape index (κ1) is 30.4. The molecule has 2 N–H and O–H groups in total. The summed E-state index contributed by atoms with van der Waals surface area (Å²) in [7, 11) is 0. The van der Waals surface area contributed by atoms with Gasteiger partial charge in [0.2, 0.25) is 5.91 Å². The zero-order valence-electron chi connectivity index (χ0n) is 23.0. The van der Waals surface area contributed by atoms with Crippen LogP contribution in [0.5, 0.6) is 0 Å². The molecule has 0 spiro atoms. The van der Waals surface area contributed by atoms with E-state index in [4.69, 9.17) is 21.1 Å². The summed E-state index contributed by atoms with van der Waals surface area (Å²) in [6, 6.07) is 24.9. The predicted molar refractivity (Wildman–Crippen MR) is 163 cm³/mol. The van der Waals surface area contributed by atoms with Crippen molar-refractivity contribution in [2.24, 2.45) is 0 Å². The van der Waals surface area contributed by atoms with Gasteiger partial charge in [0.05, 0.1) is 58.4 Å². The SMILES string of the molecule is CCOC(=O)C1=C(c2ccccc2)NC(SCC(=O)Nc2ccc(C(=O)OCC)cc2)=C(C#N)C1c1ccccc1Cl. The molecular formula is C32H28ClN3O5S. The lowest BCUT2D eigenvalue weighted by atomic mass is 9.81. The third-order valence-corrected chi connectivity index (χ3v) is 7.61. The molecule has 0 saturated heterocycles. The molecule has 10 heteroatoms. The summed E-state index contributed by atoms with van der Waals surface area (Å²) in [6.45, 7) is 3.86. The van der Waals surface area contributed by atoms with Gasteiger partial charge in [-0.3, -0.25) is 4.79 Å². The fourth-order valence-electron chi connectivity index (χ4n) is 4.42. The van der Waals surface area contributed by atoms with Gasteiger partial charge in [-0.2, -0.15) is 5.26 Å². The van der Waals surface area contributed by atoms with E-state index in [1.165, 1.54) is 0 Å². The van der Waals surface area contributed by atoms with Crippen molar-refractivity contribution < 1.29 is 23.9 Å². The Morgan fingerprint density at radius 1 is 0.929 bits per heavy atom. The molecule has 1 heterocycles. The molecule has 214 valence electrons. The standard InChI is InChI=1S/C32H28ClN3O5S/c1-3-40-31(38)21-14-16-22(17-15-21)35-26(37)19-42-30-24(18-34)27(23-12-8-9-13-25(23)33)28(32(39)41-4-2)29(36-30)20-10-6-5-7-11-20/h5-17,27,36H,3-4,19H2,1-2H3,(H,35,37). The van der Waals surface area contributed by atoms with E-state index in [-0.39, 0.29) is 36.0 Å². The van der Waals surface area contributed by atoms with E-state index < -0.39 is 17.9 Å². The Bertz CT molecular complexity index is 1580. The minimum absolute atomic E-state index is 0.0425. The van der Waals surface area contributed by atoms with Gasteiger partial charge in [-0.15, -0.1) is 0 Å². The number of carbonyl (C=O) groups excluding carboxylic acids is 3. The second-order valence-electron chi connectivity index (χ2n) is 8.94. The maximum absolute atomic E-state index is 13.4. The molecule has 0 aliphatic carbocycles. The molecule has 3 aromatic carbocycles. The van der Waals surface area contributed by atoms with Crippen LogP contribution in [0.2, 0.25) is 5.02 Å². The topological polar surface area (TPSA) is 118 Å². The van der Waals surface area contributed by atoms with Gasteiger partial charge < -0.3 is 20.1 Å². The first-order valence-corrected chi connectivity index (χ1v) is 14.6. The monoisotopic (exact) mass is 601 g/mol. The fraction of sp³-hybridized carbons (Fsp3) is 0.188. The molecule has 1 aliphatic heterocycles. The van der Waals surface area contributed by atoms with Gasteiger partial charge in [0, 0.05) is 10.7 Å². The number of halogens is 1. The molecule has 1 unspecified atom stereocenters. The Labute approximate surface area is 253 Å². The van der Waals surface area contributed by atoms with E-state index in [0.717, 1.165) is 11.8 Å². The highest BCUT2D eigenvalue weighted by Gasteiger charge is 2.38. The number of allylic oxidation sites excluding steroid dienone is 1. The molecule has 42 heavy (non-hydrogen) atoms. The molecule has 1 atom stereocenters. The minimum Gasteiger partial charge on any atom is -0.463 e. The van der Waals surface area contributed by atoms with Gasteiger partial charge >= 0.3 is 11.9 Å². The predicted octanol–water partition coefficient (Wildman–Crippen LogP) is 6.28. The van der Waals surface area contributed by atoms with Crippen LogP contribution in [0.3, 0.4) is 0 Å². The van der Waals surface area contributed by atoms with E-state index in [1.54, 1.807) is 62.4 Å². The number of nitriles is 1. The smallest absolute Gasteiger partial charge is 0.338 e. The van der Waals surface area contributed by atoms with E-state index in [0.29, 0.717) is 38.1 Å². The highest BCUT2D eigenvalue weighted by Crippen LogP contribution is 2.45. The number of hydrogen-bond donors (Lipinski definition) is 2. The number of nitrogens with one attached hydrogen (secondary N) is 2. The molecular weight excluding hydrogens is 574 g/mol. The summed E-state index contributed by atoms with van der Waals surface area (Å²) >= 11 is 7.74. The van der Waals surface area contributed by atoms with Crippen LogP contribution in [-0.2, 0) is 19.1 Å². The Hall–Kier alpha value is -4.52. The van der Waals surface area contributed by atoms with Gasteiger partial charge in [-0.05, 0) is 55.3 Å². The quantitative estimate of drug-likeness (QED) is 0.261. The Morgan fingerprint density at radius 3 is 2.21 bits per heavy atom. The van der Waals surface area contributed by atoms with Crippen molar-refractivity contribution in [3.8, 4) is 6.07 Å². The highest BCUT2D eigenvalue weighted by molar-refractivity contribution is 8.03. The summed E-state index contributed by atoms with van der Waals surface area (Å²) in [4.78, 5) is 38.2. The number of esters is 2. The van der Waals surface area contributed by atoms with E-state index in [9.17, 15) is 19.6 Å². The normalized spacial score (nSPS) is 14.5. The van der Waals surface area contributed by atoms with Crippen LogP contribution in [0.15, 0.2) is 95.0 Å². The van der Waals surface area contributed by atoms with Crippen LogP contribution < -0.4 is 10.6 Å². The lowest BCUT2D eigenvalue weighted by Gasteiger charge is -2.31. The molecule has 4 rings (SSSR count). The van der Waals surface area contributed by atoms with Crippen LogP contribution in [-0.4, -0.2) is 36.8 Å². The lowest BCUT2D eigenvalue weighted by Crippen LogP contribution is -2.30. The number of ether oxygens (including phenoxy) is 2. The number of thioether (sulfide) groups is 1. The average Bonchev–Trinajstić information content (AvgIpc) is 3.00. The van der Waals surface area contributed by atoms with Gasteiger partial charge in [0.25, 0.3) is 0 Å². The van der Waals surface area contributed by atoms with Crippen LogP contribution >= 0.6 is 23.4 Å². The maximum atomic E-state index is 13.4. The Balaban J connectivity index is 1.67. The van der Waals surface area contributed by atoms with Crippen LogP contribution in [0, 0.1) is 11.3 Å². The average molecular weight is 602 g/mol. The second-order valence-corrected chi connectivity index (χ2v) is 10.3. The molecule has 8 nitrogen and oxygen atoms in total. The van der Waals surface area contributed by atoms with Gasteiger partial charge in [-0.25, -0.2) is 9.59 Å². The summed E-state index contributed by atoms with van der Waals surface area (Å²) in [5, 5.41) is 17.2. The number of amides is 1. The molecule has 0 fully saturated rings. The molecule has 0 saturated carbocycles. The number of carbonyl (C=O) groups is 3. The number of benzene rings is 3. The summed E-state index contributed by atoms with van der Waals surface area (Å²) < 4.78 is 10.4. The summed E-state index contributed by atoms with van der Waals surface area (Å²) in [6.07, 6.45) is 0. The van der Waals surface area contributed by atoms with Crippen LogP contribution in [0.4, 0.5) is 5.69 Å². The third-order valence-electron chi connectivity index (χ3n) is 6.25. The third kappa shape index (κ3) is 7.03. The molecule has 1 amide bonds. The fourth-order valence-corrected chi connectivity index (χ4v) is 5.50. The van der Waals surface area contributed by atoms with Crippen molar-refractivity contribution in [2.75, 3.05) is 24.3 Å². The van der Waals surface area contributed by atoms with Crippen LogP contribution in [0.25, 0.3) is 5.70 Å². The van der Waals surface area contributed by atoms with Gasteiger partial charge in [0.1, 0.15) is 0 Å². The molecule has 1 aliphatic rings. The van der Waals surface area contributed by atoms with Crippen molar-refractivity contribution in [1.82, 2.24) is 5.32 Å². The number of anilines is 1. The number of hydrogen-bond acceptors (Lipinski definition) is 8. The van der Waals surface area contributed by atoms with Crippen molar-refractivity contribution in [3.05, 3.63) is 117 Å². The number of rotatable bonds is 10. The summed E-state index contributed by atoms with van der Waals surface area (Å²) in [5.41, 5.74) is 3.11. The van der Waals surface area contributed by atoms with E-state index >= 15 is 0 Å². The van der Waals surface area contributed by atoms with E-state index in [2.05, 4.69) is 16.7 Å². The van der Waals surface area contributed by atoms with E-state index in [1.807, 2.05) is 30.3 Å². The van der Waals surface area contributed by atoms with Crippen molar-refractivity contribution in [1.29, 1.82) is 5.26 Å². The molecule has 3 aromatic rings. The first-order valence-electron chi connectivity index (χ1n) is 13.2. The first-order chi connectivity index (χ1) is 20.4. The molecule has 0 bridgehead atoms. The largest absolute Gasteiger partial charge is 0.463 e. The Morgan fingerprint density at radius 2 is 1.57 bits per heavy atom. The molecule has 0 aromatic heterocycles. The number of nitrogens with zero attached hydrogens (tertiary/aromatic N) is 1. The van der Waals surface area contributed by atoms with Crippen molar-refractivity contribution >= 4 is 52.6 Å². The van der Waals surface area contributed by atoms with Gasteiger partial charge in [-0.1, -0.05) is 71.9 Å². The zero-order chi connectivity index (χ0) is 30.1. The lowest BCUT2D eigenvalue weighted by molar-refractivity contribution is -0.138. The van der Waals surface area contributed by atoms with Crippen molar-refractivity contribution in [2.45, 2.75) is 19.8 Å². The maximum Gasteiger partial charge on any atom is 0.338 e. The Kier molecular flexibility index (Phi) is 10.4. The molecule has 0 radical (unpaired) electrons. The van der Waals surface area contributed by atoms with Crippen molar-refractivity contribution in [3.63, 3.8) is 0 Å². The highest BCUT2D eigenvalue weighted by atomic mass is 35.5. The van der Waals surface area contributed by atoms with Gasteiger partial charge in [0.15, 0.2) is 0 Å². The zero-order valence-corrected chi connectivity index (χ0v) is 24.6. The number of dihydropyridines is 1. The van der Waals surface area contributed by atoms with Crippen LogP contribution in [0.1, 0.15) is 41.3 Å². The summed E-state index contributed by atoms with van der Waals surface area (Å²) in [5.74, 6) is -2.22. The second kappa shape index (κ2) is 14.4.